The SMILES string of the molecule is [B]Cc1cc(Br)cs1. The highest BCUT2D eigenvalue weighted by Gasteiger charge is 1.90. The molecule has 1 aromatic rings. The van der Waals surface area contributed by atoms with Gasteiger partial charge >= 0.3 is 0 Å². The Morgan fingerprint density at radius 1 is 1.75 bits per heavy atom. The fourth-order valence-corrected chi connectivity index (χ4v) is 1.79. The van der Waals surface area contributed by atoms with Crippen molar-refractivity contribution in [1.82, 2.24) is 0 Å². The van der Waals surface area contributed by atoms with Gasteiger partial charge in [-0.25, -0.2) is 0 Å². The Kier molecular flexibility index (Phi) is 2.14. The summed E-state index contributed by atoms with van der Waals surface area (Å²) < 4.78 is 1.13. The minimum atomic E-state index is 0.649. The van der Waals surface area contributed by atoms with Gasteiger partial charge in [0.25, 0.3) is 0 Å². The number of thiophene rings is 1. The quantitative estimate of drug-likeness (QED) is 0.591. The lowest BCUT2D eigenvalue weighted by molar-refractivity contribution is 1.52. The minimum absolute atomic E-state index is 0.649. The van der Waals surface area contributed by atoms with Gasteiger partial charge < -0.3 is 0 Å². The van der Waals surface area contributed by atoms with Crippen LogP contribution in [-0.4, -0.2) is 7.85 Å². The van der Waals surface area contributed by atoms with E-state index in [1.807, 2.05) is 11.4 Å². The Morgan fingerprint density at radius 2 is 2.50 bits per heavy atom. The highest BCUT2D eigenvalue weighted by atomic mass is 79.9. The summed E-state index contributed by atoms with van der Waals surface area (Å²) in [4.78, 5) is 1.22. The second-order valence-corrected chi connectivity index (χ2v) is 3.35. The normalized spacial score (nSPS) is 9.62. The van der Waals surface area contributed by atoms with E-state index in [0.29, 0.717) is 6.32 Å². The molecule has 0 fully saturated rings. The van der Waals surface area contributed by atoms with Crippen molar-refractivity contribution < 1.29 is 0 Å². The zero-order valence-electron chi connectivity index (χ0n) is 4.23. The van der Waals surface area contributed by atoms with Gasteiger partial charge in [0, 0.05) is 9.85 Å². The van der Waals surface area contributed by atoms with E-state index in [9.17, 15) is 0 Å². The van der Waals surface area contributed by atoms with Gasteiger partial charge in [-0.05, 0) is 26.9 Å². The van der Waals surface area contributed by atoms with Gasteiger partial charge in [0.15, 0.2) is 0 Å². The van der Waals surface area contributed by atoms with E-state index in [4.69, 9.17) is 7.85 Å². The molecule has 40 valence electrons. The van der Waals surface area contributed by atoms with Crippen molar-refractivity contribution in [2.24, 2.45) is 0 Å². The number of rotatable bonds is 1. The van der Waals surface area contributed by atoms with Crippen LogP contribution in [0.4, 0.5) is 0 Å². The van der Waals surface area contributed by atoms with Crippen LogP contribution in [0.15, 0.2) is 15.9 Å². The predicted octanol–water partition coefficient (Wildman–Crippen LogP) is 2.18. The fourth-order valence-electron chi connectivity index (χ4n) is 0.461. The van der Waals surface area contributed by atoms with Crippen molar-refractivity contribution >= 4 is 35.1 Å². The van der Waals surface area contributed by atoms with Crippen molar-refractivity contribution in [3.63, 3.8) is 0 Å². The molecule has 0 bridgehead atoms. The summed E-state index contributed by atoms with van der Waals surface area (Å²) in [5.74, 6) is 0. The van der Waals surface area contributed by atoms with Crippen molar-refractivity contribution in [1.29, 1.82) is 0 Å². The molecule has 1 rings (SSSR count). The van der Waals surface area contributed by atoms with Gasteiger partial charge in [-0.15, -0.1) is 11.3 Å². The van der Waals surface area contributed by atoms with Crippen molar-refractivity contribution in [2.45, 2.75) is 6.32 Å². The first-order valence-corrected chi connectivity index (χ1v) is 3.93. The van der Waals surface area contributed by atoms with Gasteiger partial charge in [0.05, 0.1) is 7.85 Å². The monoisotopic (exact) mass is 186 g/mol. The van der Waals surface area contributed by atoms with Crippen LogP contribution in [0, 0.1) is 0 Å². The second kappa shape index (κ2) is 2.69. The first-order chi connectivity index (χ1) is 3.83. The highest BCUT2D eigenvalue weighted by Crippen LogP contribution is 2.18. The minimum Gasteiger partial charge on any atom is -0.149 e. The topological polar surface area (TPSA) is 0 Å². The zero-order valence-corrected chi connectivity index (χ0v) is 6.63. The Hall–Kier alpha value is 0.245. The van der Waals surface area contributed by atoms with Crippen LogP contribution in [0.2, 0.25) is 0 Å². The molecule has 0 spiro atoms. The van der Waals surface area contributed by atoms with Crippen LogP contribution in [0.3, 0.4) is 0 Å². The lowest BCUT2D eigenvalue weighted by Crippen LogP contribution is -1.71. The molecule has 0 saturated carbocycles. The maximum Gasteiger partial charge on any atom is 0.0727 e. The lowest BCUT2D eigenvalue weighted by atomic mass is 10.0. The average Bonchev–Trinajstić information content (AvgIpc) is 2.14. The largest absolute Gasteiger partial charge is 0.149 e. The van der Waals surface area contributed by atoms with Crippen LogP contribution in [0.1, 0.15) is 4.88 Å². The predicted molar refractivity (Wildman–Crippen MR) is 41.5 cm³/mol. The molecule has 8 heavy (non-hydrogen) atoms. The van der Waals surface area contributed by atoms with Crippen LogP contribution in [0.25, 0.3) is 0 Å². The first kappa shape index (κ1) is 6.37. The third kappa shape index (κ3) is 1.36. The third-order valence-electron chi connectivity index (χ3n) is 0.823. The molecule has 2 radical (unpaired) electrons. The number of hydrogen-bond donors (Lipinski definition) is 0. The standard InChI is InChI=1S/C5H4BBrS/c6-2-5-1-4(7)3-8-5/h1,3H,2H2. The Bertz CT molecular complexity index is 173. The molecule has 0 nitrogen and oxygen atoms in total. The molecule has 0 unspecified atom stereocenters. The Labute approximate surface area is 62.5 Å². The summed E-state index contributed by atoms with van der Waals surface area (Å²) in [5.41, 5.74) is 0. The van der Waals surface area contributed by atoms with E-state index in [1.54, 1.807) is 11.3 Å². The molecule has 0 aliphatic carbocycles. The van der Waals surface area contributed by atoms with Crippen LogP contribution < -0.4 is 0 Å². The molecule has 1 heterocycles. The Balaban J connectivity index is 2.84. The van der Waals surface area contributed by atoms with Gasteiger partial charge in [-0.3, -0.25) is 0 Å². The molecule has 0 amide bonds. The van der Waals surface area contributed by atoms with Gasteiger partial charge in [0.1, 0.15) is 0 Å². The van der Waals surface area contributed by atoms with Gasteiger partial charge in [0.2, 0.25) is 0 Å². The molecule has 0 aliphatic heterocycles. The van der Waals surface area contributed by atoms with Crippen molar-refractivity contribution in [2.75, 3.05) is 0 Å². The Morgan fingerprint density at radius 3 is 2.75 bits per heavy atom. The smallest absolute Gasteiger partial charge is 0.0727 e. The molecule has 0 atom stereocenters. The molecule has 0 N–H and O–H groups in total. The summed E-state index contributed by atoms with van der Waals surface area (Å²) >= 11 is 5.01. The average molecular weight is 187 g/mol. The molecular formula is C5H4BBrS. The van der Waals surface area contributed by atoms with E-state index >= 15 is 0 Å². The molecule has 0 aromatic carbocycles. The van der Waals surface area contributed by atoms with E-state index in [1.165, 1.54) is 4.88 Å². The molecule has 1 aromatic heterocycles. The second-order valence-electron chi connectivity index (χ2n) is 1.44. The lowest BCUT2D eigenvalue weighted by Gasteiger charge is -1.79. The van der Waals surface area contributed by atoms with Gasteiger partial charge in [-0.1, -0.05) is 6.32 Å². The van der Waals surface area contributed by atoms with Gasteiger partial charge in [-0.2, -0.15) is 0 Å². The molecular weight excluding hydrogens is 183 g/mol. The van der Waals surface area contributed by atoms with E-state index in [0.717, 1.165) is 4.47 Å². The molecule has 0 aliphatic rings. The summed E-state index contributed by atoms with van der Waals surface area (Å²) in [6.45, 7) is 0. The van der Waals surface area contributed by atoms with Crippen LogP contribution in [-0.2, 0) is 6.32 Å². The first-order valence-electron chi connectivity index (χ1n) is 2.26. The maximum atomic E-state index is 5.35. The van der Waals surface area contributed by atoms with Crippen molar-refractivity contribution in [3.05, 3.63) is 20.8 Å². The van der Waals surface area contributed by atoms with Crippen molar-refractivity contribution in [3.8, 4) is 0 Å². The third-order valence-corrected chi connectivity index (χ3v) is 2.54. The highest BCUT2D eigenvalue weighted by molar-refractivity contribution is 9.10. The van der Waals surface area contributed by atoms with E-state index in [-0.39, 0.29) is 0 Å². The summed E-state index contributed by atoms with van der Waals surface area (Å²) in [6.07, 6.45) is 0.649. The van der Waals surface area contributed by atoms with Crippen LogP contribution >= 0.6 is 27.3 Å². The summed E-state index contributed by atoms with van der Waals surface area (Å²) in [7, 11) is 5.35. The summed E-state index contributed by atoms with van der Waals surface area (Å²) in [5, 5.41) is 2.03. The van der Waals surface area contributed by atoms with E-state index < -0.39 is 0 Å². The summed E-state index contributed by atoms with van der Waals surface area (Å²) in [6, 6.07) is 2.03. The van der Waals surface area contributed by atoms with E-state index in [2.05, 4.69) is 15.9 Å². The zero-order chi connectivity index (χ0) is 5.98. The molecule has 0 saturated heterocycles. The number of hydrogen-bond acceptors (Lipinski definition) is 1. The fraction of sp³-hybridized carbons (Fsp3) is 0.200. The van der Waals surface area contributed by atoms with Crippen LogP contribution in [0.5, 0.6) is 0 Å². The molecule has 3 heteroatoms. The number of halogens is 1. The maximum absolute atomic E-state index is 5.35.